The summed E-state index contributed by atoms with van der Waals surface area (Å²) in [6.07, 6.45) is 2.20. The van der Waals surface area contributed by atoms with Gasteiger partial charge in [-0.1, -0.05) is 18.2 Å². The van der Waals surface area contributed by atoms with Crippen molar-refractivity contribution in [3.05, 3.63) is 46.6 Å². The van der Waals surface area contributed by atoms with Gasteiger partial charge in [-0.3, -0.25) is 4.79 Å². The zero-order chi connectivity index (χ0) is 14.1. The number of halogens is 1. The number of carbonyl (C=O) groups excluding carboxylic acids is 1. The van der Waals surface area contributed by atoms with Crippen LogP contribution in [0.15, 0.2) is 41.0 Å². The first-order valence-electron chi connectivity index (χ1n) is 6.44. The maximum atomic E-state index is 11.8. The highest BCUT2D eigenvalue weighted by atomic mass is 79.9. The number of para-hydroxylation sites is 1. The van der Waals surface area contributed by atoms with E-state index < -0.39 is 0 Å². The molecule has 0 saturated heterocycles. The molecule has 0 spiro atoms. The van der Waals surface area contributed by atoms with Gasteiger partial charge in [-0.25, -0.2) is 4.98 Å². The van der Waals surface area contributed by atoms with Crippen LogP contribution in [0.1, 0.15) is 12.0 Å². The molecule has 102 valence electrons. The summed E-state index contributed by atoms with van der Waals surface area (Å²) >= 11 is 3.39. The van der Waals surface area contributed by atoms with E-state index in [1.54, 1.807) is 6.20 Å². The lowest BCUT2D eigenvalue weighted by atomic mass is 10.1. The zero-order valence-electron chi connectivity index (χ0n) is 11.1. The van der Waals surface area contributed by atoms with Gasteiger partial charge in [0.1, 0.15) is 0 Å². The highest BCUT2D eigenvalue weighted by molar-refractivity contribution is 9.10. The summed E-state index contributed by atoms with van der Waals surface area (Å²) in [4.78, 5) is 18.4. The van der Waals surface area contributed by atoms with Crippen molar-refractivity contribution in [1.29, 1.82) is 0 Å². The molecule has 20 heavy (non-hydrogen) atoms. The third-order valence-corrected chi connectivity index (χ3v) is 3.77. The van der Waals surface area contributed by atoms with Crippen LogP contribution in [0.3, 0.4) is 0 Å². The highest BCUT2D eigenvalue weighted by Crippen LogP contribution is 2.35. The predicted molar refractivity (Wildman–Crippen MR) is 83.4 cm³/mol. The van der Waals surface area contributed by atoms with Crippen LogP contribution in [0, 0.1) is 6.92 Å². The largest absolute Gasteiger partial charge is 0.324 e. The number of anilines is 3. The fourth-order valence-corrected chi connectivity index (χ4v) is 2.70. The smallest absolute Gasteiger partial charge is 0.226 e. The van der Waals surface area contributed by atoms with Gasteiger partial charge in [0.05, 0.1) is 5.69 Å². The maximum Gasteiger partial charge on any atom is 0.226 e. The maximum absolute atomic E-state index is 11.8. The second-order valence-corrected chi connectivity index (χ2v) is 5.68. The van der Waals surface area contributed by atoms with Crippen molar-refractivity contribution in [3.63, 3.8) is 0 Å². The number of benzene rings is 1. The lowest BCUT2D eigenvalue weighted by Gasteiger charge is -2.24. The summed E-state index contributed by atoms with van der Waals surface area (Å²) in [5, 5.41) is 2.91. The first-order valence-corrected chi connectivity index (χ1v) is 7.23. The summed E-state index contributed by atoms with van der Waals surface area (Å²) in [6.45, 7) is 2.69. The molecular weight excluding hydrogens is 318 g/mol. The summed E-state index contributed by atoms with van der Waals surface area (Å²) in [7, 11) is 0. The van der Waals surface area contributed by atoms with E-state index in [-0.39, 0.29) is 5.91 Å². The molecule has 1 aromatic heterocycles. The van der Waals surface area contributed by atoms with E-state index in [1.807, 2.05) is 18.2 Å². The molecule has 3 rings (SSSR count). The minimum Gasteiger partial charge on any atom is -0.324 e. The summed E-state index contributed by atoms with van der Waals surface area (Å²) in [5.74, 6) is 0.801. The predicted octanol–water partition coefficient (Wildman–Crippen LogP) is 3.63. The van der Waals surface area contributed by atoms with E-state index in [1.165, 1.54) is 0 Å². The average Bonchev–Trinajstić information content (AvgIpc) is 2.57. The molecule has 0 fully saturated rings. The Balaban J connectivity index is 2.13. The lowest BCUT2D eigenvalue weighted by molar-refractivity contribution is -0.115. The van der Waals surface area contributed by atoms with Gasteiger partial charge in [-0.2, -0.15) is 0 Å². The molecule has 0 unspecified atom stereocenters. The monoisotopic (exact) mass is 331 g/mol. The molecule has 5 heteroatoms. The van der Waals surface area contributed by atoms with Crippen molar-refractivity contribution in [2.45, 2.75) is 13.3 Å². The van der Waals surface area contributed by atoms with Gasteiger partial charge >= 0.3 is 0 Å². The van der Waals surface area contributed by atoms with E-state index in [4.69, 9.17) is 0 Å². The average molecular weight is 332 g/mol. The number of pyridine rings is 1. The number of aryl methyl sites for hydroxylation is 1. The molecule has 4 nitrogen and oxygen atoms in total. The molecule has 1 aliphatic heterocycles. The Bertz CT molecular complexity index is 672. The van der Waals surface area contributed by atoms with E-state index in [0.717, 1.165) is 27.2 Å². The van der Waals surface area contributed by atoms with Crippen molar-refractivity contribution >= 4 is 39.0 Å². The van der Waals surface area contributed by atoms with Gasteiger partial charge in [0.25, 0.3) is 0 Å². The van der Waals surface area contributed by atoms with Crippen LogP contribution >= 0.6 is 15.9 Å². The number of rotatable bonds is 1. The molecular formula is C15H14BrN3O. The Morgan fingerprint density at radius 2 is 2.15 bits per heavy atom. The Morgan fingerprint density at radius 1 is 1.35 bits per heavy atom. The standard InChI is InChI=1S/C15H14BrN3O/c1-10-4-2-3-5-13(10)19-7-6-14(20)18-12-8-11(16)9-17-15(12)19/h2-5,8-9H,6-7H2,1H3,(H,18,20). The second kappa shape index (κ2) is 5.25. The zero-order valence-corrected chi connectivity index (χ0v) is 12.6. The number of hydrogen-bond donors (Lipinski definition) is 1. The topological polar surface area (TPSA) is 45.2 Å². The summed E-state index contributed by atoms with van der Waals surface area (Å²) < 4.78 is 0.850. The van der Waals surface area contributed by atoms with Crippen LogP contribution in [0.5, 0.6) is 0 Å². The fourth-order valence-electron chi connectivity index (χ4n) is 2.37. The quantitative estimate of drug-likeness (QED) is 0.867. The number of carbonyl (C=O) groups is 1. The molecule has 1 amide bonds. The number of hydrogen-bond acceptors (Lipinski definition) is 3. The van der Waals surface area contributed by atoms with Gasteiger partial charge in [0, 0.05) is 29.3 Å². The van der Waals surface area contributed by atoms with E-state index in [2.05, 4.69) is 50.2 Å². The van der Waals surface area contributed by atoms with Gasteiger partial charge in [0.2, 0.25) is 5.91 Å². The van der Waals surface area contributed by atoms with Gasteiger partial charge in [-0.15, -0.1) is 0 Å². The lowest BCUT2D eigenvalue weighted by Crippen LogP contribution is -2.20. The first kappa shape index (κ1) is 13.1. The molecule has 1 N–H and O–H groups in total. The number of aromatic nitrogens is 1. The Hall–Kier alpha value is -1.88. The Labute approximate surface area is 126 Å². The second-order valence-electron chi connectivity index (χ2n) is 4.76. The minimum atomic E-state index is 0.0160. The van der Waals surface area contributed by atoms with Gasteiger partial charge in [0.15, 0.2) is 5.82 Å². The first-order chi connectivity index (χ1) is 9.65. The normalized spacial score (nSPS) is 14.5. The van der Waals surface area contributed by atoms with Crippen molar-refractivity contribution in [2.75, 3.05) is 16.8 Å². The van der Waals surface area contributed by atoms with Crippen LogP contribution in [0.2, 0.25) is 0 Å². The molecule has 2 heterocycles. The molecule has 0 aliphatic carbocycles. The number of amides is 1. The molecule has 1 aliphatic rings. The number of nitrogens with zero attached hydrogens (tertiary/aromatic N) is 2. The third kappa shape index (κ3) is 2.41. The van der Waals surface area contributed by atoms with E-state index in [0.29, 0.717) is 13.0 Å². The van der Waals surface area contributed by atoms with Gasteiger partial charge < -0.3 is 10.2 Å². The van der Waals surface area contributed by atoms with Crippen LogP contribution in [-0.2, 0) is 4.79 Å². The fraction of sp³-hybridized carbons (Fsp3) is 0.200. The SMILES string of the molecule is Cc1ccccc1N1CCC(=O)Nc2cc(Br)cnc21. The van der Waals surface area contributed by atoms with Crippen LogP contribution in [0.4, 0.5) is 17.2 Å². The molecule has 0 radical (unpaired) electrons. The molecule has 0 atom stereocenters. The molecule has 0 bridgehead atoms. The van der Waals surface area contributed by atoms with Crippen molar-refractivity contribution in [3.8, 4) is 0 Å². The van der Waals surface area contributed by atoms with E-state index in [9.17, 15) is 4.79 Å². The van der Waals surface area contributed by atoms with Crippen LogP contribution in [0.25, 0.3) is 0 Å². The Kier molecular flexibility index (Phi) is 3.44. The molecule has 1 aromatic carbocycles. The van der Waals surface area contributed by atoms with Crippen LogP contribution < -0.4 is 10.2 Å². The minimum absolute atomic E-state index is 0.0160. The highest BCUT2D eigenvalue weighted by Gasteiger charge is 2.22. The summed E-state index contributed by atoms with van der Waals surface area (Å²) in [5.41, 5.74) is 2.99. The number of fused-ring (bicyclic) bond motifs is 1. The van der Waals surface area contributed by atoms with Crippen molar-refractivity contribution in [1.82, 2.24) is 4.98 Å². The van der Waals surface area contributed by atoms with Crippen molar-refractivity contribution in [2.24, 2.45) is 0 Å². The molecule has 0 saturated carbocycles. The van der Waals surface area contributed by atoms with Gasteiger partial charge in [-0.05, 0) is 40.5 Å². The number of nitrogens with one attached hydrogen (secondary N) is 1. The van der Waals surface area contributed by atoms with Crippen molar-refractivity contribution < 1.29 is 4.79 Å². The van der Waals surface area contributed by atoms with Crippen LogP contribution in [-0.4, -0.2) is 17.4 Å². The Morgan fingerprint density at radius 3 is 2.95 bits per heavy atom. The van der Waals surface area contributed by atoms with E-state index >= 15 is 0 Å². The molecule has 2 aromatic rings. The third-order valence-electron chi connectivity index (χ3n) is 3.33. The summed E-state index contributed by atoms with van der Waals surface area (Å²) in [6, 6.07) is 10.0.